The van der Waals surface area contributed by atoms with E-state index in [0.717, 1.165) is 72.9 Å². The van der Waals surface area contributed by atoms with Crippen molar-refractivity contribution in [2.24, 2.45) is 0 Å². The number of nitrogens with zero attached hydrogens (tertiary/aromatic N) is 1. The van der Waals surface area contributed by atoms with Crippen LogP contribution in [-0.2, 0) is 14.5 Å². The average Bonchev–Trinajstić information content (AvgIpc) is 3.02. The molecule has 1 unspecified atom stereocenters. The summed E-state index contributed by atoms with van der Waals surface area (Å²) in [6, 6.07) is 27.0. The van der Waals surface area contributed by atoms with E-state index in [4.69, 9.17) is 26.1 Å². The number of hydrogen-bond donors (Lipinski definition) is 2. The highest BCUT2D eigenvalue weighted by atomic mass is 35.5. The Bertz CT molecular complexity index is 1460. The van der Waals surface area contributed by atoms with Crippen LogP contribution in [0.1, 0.15) is 37.7 Å². The molecule has 4 aromatic rings. The summed E-state index contributed by atoms with van der Waals surface area (Å²) in [6.07, 6.45) is 6.10. The molecule has 3 aromatic carbocycles. The fraction of sp³-hybridized carbons (Fsp3) is 0.324. The van der Waals surface area contributed by atoms with E-state index in [1.54, 1.807) is 0 Å². The number of anilines is 1. The van der Waals surface area contributed by atoms with Crippen LogP contribution in [0.15, 0.2) is 91.6 Å². The summed E-state index contributed by atoms with van der Waals surface area (Å²) in [5.74, 6) is -0.654. The predicted molar refractivity (Wildman–Crippen MR) is 166 cm³/mol. The van der Waals surface area contributed by atoms with Crippen LogP contribution in [0, 0.1) is 0 Å². The molecule has 212 valence electrons. The van der Waals surface area contributed by atoms with E-state index in [0.29, 0.717) is 17.7 Å². The van der Waals surface area contributed by atoms with Gasteiger partial charge in [-0.2, -0.15) is 0 Å². The lowest BCUT2D eigenvalue weighted by Crippen LogP contribution is -2.50. The number of ether oxygens (including phenoxy) is 1. The molecule has 6 nitrogen and oxygen atoms in total. The Morgan fingerprint density at radius 1 is 0.951 bits per heavy atom. The molecule has 2 aliphatic rings. The number of hydrogen-bond acceptors (Lipinski definition) is 6. The minimum atomic E-state index is -0.654. The lowest BCUT2D eigenvalue weighted by atomic mass is 9.89. The lowest BCUT2D eigenvalue weighted by molar-refractivity contribution is -0.483. The zero-order valence-electron chi connectivity index (χ0n) is 23.2. The Hall–Kier alpha value is -3.26. The van der Waals surface area contributed by atoms with Gasteiger partial charge in [0.25, 0.3) is 0 Å². The van der Waals surface area contributed by atoms with E-state index in [9.17, 15) is 0 Å². The van der Waals surface area contributed by atoms with Gasteiger partial charge in [-0.25, -0.2) is 9.78 Å². The van der Waals surface area contributed by atoms with Gasteiger partial charge in [0.15, 0.2) is 0 Å². The molecular formula is C34H36ClN3O3. The molecule has 1 saturated heterocycles. The molecule has 1 aromatic heterocycles. The van der Waals surface area contributed by atoms with Crippen molar-refractivity contribution in [1.29, 1.82) is 0 Å². The lowest BCUT2D eigenvalue weighted by Gasteiger charge is -2.43. The van der Waals surface area contributed by atoms with Gasteiger partial charge in [-0.15, -0.1) is 0 Å². The second kappa shape index (κ2) is 12.7. The number of rotatable bonds is 9. The SMILES string of the molecule is C=C(c1ccc(-c2ccccc2)cc1)C1COC2(CCC(NCCCNc3ccnc4cc(Cl)ccc34)CC2)OO1. The standard InChI is InChI=1S/C34H36ClN3O3/c1-24(25-8-10-27(11-9-25)26-6-3-2-4-7-26)33-23-39-34(41-40-33)17-14-29(15-18-34)36-19-5-20-37-31-16-21-38-32-22-28(35)12-13-30(31)32/h2-4,6-13,16,21-22,29,33,36H,1,5,14-15,17-20,23H2,(H,37,38). The fourth-order valence-corrected chi connectivity index (χ4v) is 5.83. The van der Waals surface area contributed by atoms with E-state index in [-0.39, 0.29) is 6.10 Å². The summed E-state index contributed by atoms with van der Waals surface area (Å²) in [6.45, 7) is 6.55. The third-order valence-corrected chi connectivity index (χ3v) is 8.35. The van der Waals surface area contributed by atoms with E-state index < -0.39 is 5.79 Å². The van der Waals surface area contributed by atoms with Crippen LogP contribution < -0.4 is 10.6 Å². The summed E-state index contributed by atoms with van der Waals surface area (Å²) >= 11 is 6.11. The van der Waals surface area contributed by atoms with Crippen molar-refractivity contribution in [3.8, 4) is 11.1 Å². The predicted octanol–water partition coefficient (Wildman–Crippen LogP) is 7.65. The van der Waals surface area contributed by atoms with Crippen molar-refractivity contribution in [2.45, 2.75) is 50.0 Å². The number of pyridine rings is 1. The second-order valence-corrected chi connectivity index (χ2v) is 11.3. The van der Waals surface area contributed by atoms with Crippen LogP contribution in [0.3, 0.4) is 0 Å². The normalized spacial score (nSPS) is 22.6. The number of fused-ring (bicyclic) bond motifs is 1. The number of aromatic nitrogens is 1. The summed E-state index contributed by atoms with van der Waals surface area (Å²) in [7, 11) is 0. The minimum absolute atomic E-state index is 0.318. The van der Waals surface area contributed by atoms with Gasteiger partial charge in [0.1, 0.15) is 6.10 Å². The Labute approximate surface area is 246 Å². The van der Waals surface area contributed by atoms with Gasteiger partial charge in [0, 0.05) is 47.7 Å². The molecule has 6 rings (SSSR count). The van der Waals surface area contributed by atoms with Gasteiger partial charge < -0.3 is 15.4 Å². The van der Waals surface area contributed by atoms with Gasteiger partial charge in [-0.1, -0.05) is 72.8 Å². The number of nitrogens with one attached hydrogen (secondary N) is 2. The molecule has 1 atom stereocenters. The average molecular weight is 570 g/mol. The van der Waals surface area contributed by atoms with E-state index in [1.165, 1.54) is 11.1 Å². The highest BCUT2D eigenvalue weighted by Gasteiger charge is 2.43. The Morgan fingerprint density at radius 3 is 2.49 bits per heavy atom. The van der Waals surface area contributed by atoms with Gasteiger partial charge in [-0.3, -0.25) is 4.98 Å². The van der Waals surface area contributed by atoms with Crippen molar-refractivity contribution in [1.82, 2.24) is 10.3 Å². The summed E-state index contributed by atoms with van der Waals surface area (Å²) in [4.78, 5) is 16.2. The molecule has 1 spiro atoms. The molecule has 7 heteroatoms. The molecule has 0 bridgehead atoms. The van der Waals surface area contributed by atoms with Crippen LogP contribution in [0.25, 0.3) is 27.6 Å². The van der Waals surface area contributed by atoms with Gasteiger partial charge in [-0.05, 0) is 72.3 Å². The highest BCUT2D eigenvalue weighted by molar-refractivity contribution is 6.31. The Morgan fingerprint density at radius 2 is 1.73 bits per heavy atom. The van der Waals surface area contributed by atoms with Gasteiger partial charge >= 0.3 is 0 Å². The van der Waals surface area contributed by atoms with E-state index >= 15 is 0 Å². The van der Waals surface area contributed by atoms with Gasteiger partial charge in [0.2, 0.25) is 5.79 Å². The number of benzene rings is 3. The quantitative estimate of drug-likeness (QED) is 0.159. The van der Waals surface area contributed by atoms with Crippen molar-refractivity contribution < 1.29 is 14.5 Å². The maximum absolute atomic E-state index is 6.28. The van der Waals surface area contributed by atoms with Crippen molar-refractivity contribution in [2.75, 3.05) is 25.0 Å². The topological polar surface area (TPSA) is 64.6 Å². The smallest absolute Gasteiger partial charge is 0.201 e. The van der Waals surface area contributed by atoms with Crippen LogP contribution >= 0.6 is 11.6 Å². The fourth-order valence-electron chi connectivity index (χ4n) is 5.66. The molecule has 2 heterocycles. The Kier molecular flexibility index (Phi) is 8.65. The van der Waals surface area contributed by atoms with Crippen LogP contribution in [0.4, 0.5) is 5.69 Å². The molecule has 0 amide bonds. The molecule has 1 aliphatic heterocycles. The van der Waals surface area contributed by atoms with Crippen LogP contribution in [-0.4, -0.2) is 42.6 Å². The third-order valence-electron chi connectivity index (χ3n) is 8.12. The minimum Gasteiger partial charge on any atom is -0.384 e. The van der Waals surface area contributed by atoms with E-state index in [2.05, 4.69) is 58.6 Å². The summed E-state index contributed by atoms with van der Waals surface area (Å²) < 4.78 is 6.28. The van der Waals surface area contributed by atoms with Crippen LogP contribution in [0.5, 0.6) is 0 Å². The first-order valence-electron chi connectivity index (χ1n) is 14.4. The summed E-state index contributed by atoms with van der Waals surface area (Å²) in [5, 5.41) is 9.03. The van der Waals surface area contributed by atoms with Gasteiger partial charge in [0.05, 0.1) is 12.1 Å². The molecule has 1 saturated carbocycles. The molecule has 41 heavy (non-hydrogen) atoms. The molecule has 2 fully saturated rings. The van der Waals surface area contributed by atoms with Crippen molar-refractivity contribution in [3.63, 3.8) is 0 Å². The maximum Gasteiger partial charge on any atom is 0.201 e. The molecular weight excluding hydrogens is 534 g/mol. The highest BCUT2D eigenvalue weighted by Crippen LogP contribution is 2.38. The van der Waals surface area contributed by atoms with Crippen molar-refractivity contribution >= 4 is 33.8 Å². The molecule has 1 aliphatic carbocycles. The zero-order valence-corrected chi connectivity index (χ0v) is 23.9. The van der Waals surface area contributed by atoms with Crippen LogP contribution in [0.2, 0.25) is 5.02 Å². The maximum atomic E-state index is 6.28. The third kappa shape index (κ3) is 6.64. The molecule has 0 radical (unpaired) electrons. The molecule has 2 N–H and O–H groups in total. The first-order chi connectivity index (χ1) is 20.1. The summed E-state index contributed by atoms with van der Waals surface area (Å²) in [5.41, 5.74) is 6.25. The first kappa shape index (κ1) is 27.9. The largest absolute Gasteiger partial charge is 0.384 e. The van der Waals surface area contributed by atoms with Crippen molar-refractivity contribution in [3.05, 3.63) is 102 Å². The zero-order chi connectivity index (χ0) is 28.1. The number of halogens is 1. The second-order valence-electron chi connectivity index (χ2n) is 10.9. The van der Waals surface area contributed by atoms with E-state index in [1.807, 2.05) is 48.7 Å². The monoisotopic (exact) mass is 569 g/mol. The first-order valence-corrected chi connectivity index (χ1v) is 14.8. The Balaban J connectivity index is 0.911.